The third kappa shape index (κ3) is 3.57. The lowest BCUT2D eigenvalue weighted by Gasteiger charge is -2.30. The summed E-state index contributed by atoms with van der Waals surface area (Å²) in [6.07, 6.45) is 4.60. The molecule has 1 saturated heterocycles. The largest absolute Gasteiger partial charge is 0.507 e. The maximum Gasteiger partial charge on any atom is 0.156 e. The van der Waals surface area contributed by atoms with E-state index < -0.39 is 0 Å². The van der Waals surface area contributed by atoms with Crippen molar-refractivity contribution in [1.82, 2.24) is 15.1 Å². The molecule has 1 aliphatic heterocycles. The van der Waals surface area contributed by atoms with Gasteiger partial charge in [0.15, 0.2) is 5.82 Å². The van der Waals surface area contributed by atoms with Gasteiger partial charge < -0.3 is 15.3 Å². The number of rotatable bonds is 4. The number of aromatic nitrogens is 2. The van der Waals surface area contributed by atoms with Crippen molar-refractivity contribution < 1.29 is 5.11 Å². The van der Waals surface area contributed by atoms with Gasteiger partial charge in [-0.25, -0.2) is 0 Å². The molecule has 2 heterocycles. The van der Waals surface area contributed by atoms with Crippen molar-refractivity contribution in [3.63, 3.8) is 0 Å². The molecule has 0 amide bonds. The zero-order chi connectivity index (χ0) is 20.7. The average molecular weight is 399 g/mol. The number of nitriles is 1. The Morgan fingerprint density at radius 1 is 1.10 bits per heavy atom. The van der Waals surface area contributed by atoms with Gasteiger partial charge in [-0.15, -0.1) is 10.2 Å². The lowest BCUT2D eigenvalue weighted by Crippen LogP contribution is -2.40. The predicted octanol–water partition coefficient (Wildman–Crippen LogP) is 4.26. The number of likely N-dealkylation sites (tertiary alicyclic amines) is 1. The molecule has 3 aromatic rings. The fourth-order valence-electron chi connectivity index (χ4n) is 4.43. The molecule has 1 aliphatic carbocycles. The van der Waals surface area contributed by atoms with Gasteiger partial charge in [0.05, 0.1) is 11.6 Å². The summed E-state index contributed by atoms with van der Waals surface area (Å²) in [7, 11) is 2.13. The number of piperidine rings is 1. The molecule has 1 aromatic heterocycles. The standard InChI is InChI=1S/C24H25N5O/c1-29-10-2-3-18(14-29)26-24-21-11-15(13-25)4-8-19(21)23(27-28-24)20-9-7-17(12-22(20)30)16-5-6-16/h4,7-9,11-12,16,18,30H,2-3,5-6,10,14H2,1H3,(H,26,28)/t18-/m1/s1. The second kappa shape index (κ2) is 7.58. The SMILES string of the molecule is CN1CCC[C@@H](Nc2nnc(-c3ccc(C4CC4)cc3O)c3ccc(C#N)cc23)C1. The number of benzene rings is 2. The van der Waals surface area contributed by atoms with Crippen LogP contribution in [0.5, 0.6) is 5.75 Å². The number of anilines is 1. The van der Waals surface area contributed by atoms with Crippen LogP contribution < -0.4 is 5.32 Å². The third-order valence-electron chi connectivity index (χ3n) is 6.20. The van der Waals surface area contributed by atoms with Gasteiger partial charge in [-0.05, 0) is 75.0 Å². The minimum absolute atomic E-state index is 0.231. The minimum atomic E-state index is 0.231. The quantitative estimate of drug-likeness (QED) is 0.682. The fourth-order valence-corrected chi connectivity index (χ4v) is 4.43. The van der Waals surface area contributed by atoms with E-state index in [0.29, 0.717) is 34.6 Å². The molecule has 0 bridgehead atoms. The molecule has 1 saturated carbocycles. The van der Waals surface area contributed by atoms with Gasteiger partial charge in [-0.2, -0.15) is 5.26 Å². The Morgan fingerprint density at radius 3 is 2.70 bits per heavy atom. The van der Waals surface area contributed by atoms with E-state index in [1.807, 2.05) is 24.3 Å². The number of likely N-dealkylation sites (N-methyl/N-ethyl adjacent to an activating group) is 1. The summed E-state index contributed by atoms with van der Waals surface area (Å²) in [4.78, 5) is 2.31. The summed E-state index contributed by atoms with van der Waals surface area (Å²) in [6.45, 7) is 2.06. The third-order valence-corrected chi connectivity index (χ3v) is 6.20. The van der Waals surface area contributed by atoms with Crippen LogP contribution in [-0.4, -0.2) is 46.4 Å². The van der Waals surface area contributed by atoms with Crippen LogP contribution in [0.4, 0.5) is 5.82 Å². The first-order valence-corrected chi connectivity index (χ1v) is 10.6. The summed E-state index contributed by atoms with van der Waals surface area (Å²) >= 11 is 0. The van der Waals surface area contributed by atoms with E-state index in [9.17, 15) is 10.4 Å². The van der Waals surface area contributed by atoms with E-state index >= 15 is 0 Å². The highest BCUT2D eigenvalue weighted by atomic mass is 16.3. The fraction of sp³-hybridized carbons (Fsp3) is 0.375. The lowest BCUT2D eigenvalue weighted by molar-refractivity contribution is 0.261. The van der Waals surface area contributed by atoms with Gasteiger partial charge >= 0.3 is 0 Å². The number of hydrogen-bond acceptors (Lipinski definition) is 6. The molecule has 0 radical (unpaired) electrons. The first-order valence-electron chi connectivity index (χ1n) is 10.6. The number of hydrogen-bond donors (Lipinski definition) is 2. The molecule has 6 heteroatoms. The molecule has 152 valence electrons. The zero-order valence-electron chi connectivity index (χ0n) is 17.1. The van der Waals surface area contributed by atoms with E-state index in [0.717, 1.165) is 36.7 Å². The first kappa shape index (κ1) is 18.8. The second-order valence-electron chi connectivity index (χ2n) is 8.57. The van der Waals surface area contributed by atoms with Gasteiger partial charge in [0, 0.05) is 28.9 Å². The molecule has 1 atom stereocenters. The van der Waals surface area contributed by atoms with Crippen molar-refractivity contribution in [2.24, 2.45) is 0 Å². The van der Waals surface area contributed by atoms with Crippen LogP contribution in [0.15, 0.2) is 36.4 Å². The zero-order valence-corrected chi connectivity index (χ0v) is 17.1. The van der Waals surface area contributed by atoms with Gasteiger partial charge in [0.25, 0.3) is 0 Å². The van der Waals surface area contributed by atoms with E-state index in [-0.39, 0.29) is 5.75 Å². The lowest BCUT2D eigenvalue weighted by atomic mass is 9.99. The molecule has 2 aromatic carbocycles. The van der Waals surface area contributed by atoms with Gasteiger partial charge in [0.1, 0.15) is 11.4 Å². The summed E-state index contributed by atoms with van der Waals surface area (Å²) in [5, 5.41) is 34.4. The topological polar surface area (TPSA) is 85.1 Å². The highest BCUT2D eigenvalue weighted by Crippen LogP contribution is 2.43. The Balaban J connectivity index is 1.58. The normalized spacial score (nSPS) is 19.5. The molecular formula is C24H25N5O. The van der Waals surface area contributed by atoms with E-state index in [2.05, 4.69) is 39.6 Å². The van der Waals surface area contributed by atoms with Crippen molar-refractivity contribution in [1.29, 1.82) is 5.26 Å². The monoisotopic (exact) mass is 399 g/mol. The Bertz CT molecular complexity index is 1150. The first-order chi connectivity index (χ1) is 14.6. The van der Waals surface area contributed by atoms with Crippen molar-refractivity contribution in [2.45, 2.75) is 37.6 Å². The van der Waals surface area contributed by atoms with Crippen molar-refractivity contribution in [2.75, 3.05) is 25.5 Å². The number of fused-ring (bicyclic) bond motifs is 1. The van der Waals surface area contributed by atoms with Crippen LogP contribution in [0.2, 0.25) is 0 Å². The molecule has 0 unspecified atom stereocenters. The van der Waals surface area contributed by atoms with Gasteiger partial charge in [-0.1, -0.05) is 12.1 Å². The molecule has 30 heavy (non-hydrogen) atoms. The number of phenols is 1. The summed E-state index contributed by atoms with van der Waals surface area (Å²) in [5.41, 5.74) is 3.07. The van der Waals surface area contributed by atoms with Crippen LogP contribution in [-0.2, 0) is 0 Å². The maximum atomic E-state index is 10.7. The number of aromatic hydroxyl groups is 1. The van der Waals surface area contributed by atoms with E-state index in [1.165, 1.54) is 18.4 Å². The minimum Gasteiger partial charge on any atom is -0.507 e. The number of nitrogens with zero attached hydrogens (tertiary/aromatic N) is 4. The molecule has 6 nitrogen and oxygen atoms in total. The number of phenolic OH excluding ortho intramolecular Hbond substituents is 1. The van der Waals surface area contributed by atoms with Crippen LogP contribution in [0.1, 0.15) is 42.7 Å². The average Bonchev–Trinajstić information content (AvgIpc) is 3.59. The summed E-state index contributed by atoms with van der Waals surface area (Å²) in [5.74, 6) is 1.50. The highest BCUT2D eigenvalue weighted by molar-refractivity contribution is 6.01. The smallest absolute Gasteiger partial charge is 0.156 e. The van der Waals surface area contributed by atoms with Crippen LogP contribution >= 0.6 is 0 Å². The van der Waals surface area contributed by atoms with Crippen molar-refractivity contribution in [3.8, 4) is 23.1 Å². The molecule has 2 fully saturated rings. The Kier molecular flexibility index (Phi) is 4.76. The van der Waals surface area contributed by atoms with Crippen LogP contribution in [0, 0.1) is 11.3 Å². The van der Waals surface area contributed by atoms with E-state index in [4.69, 9.17) is 0 Å². The van der Waals surface area contributed by atoms with E-state index in [1.54, 1.807) is 6.07 Å². The van der Waals surface area contributed by atoms with Crippen LogP contribution in [0.25, 0.3) is 22.0 Å². The second-order valence-corrected chi connectivity index (χ2v) is 8.57. The Hall–Kier alpha value is -3.17. The van der Waals surface area contributed by atoms with Gasteiger partial charge in [0.2, 0.25) is 0 Å². The maximum absolute atomic E-state index is 10.7. The van der Waals surface area contributed by atoms with Crippen molar-refractivity contribution >= 4 is 16.6 Å². The number of nitrogens with one attached hydrogen (secondary N) is 1. The molecule has 0 spiro atoms. The van der Waals surface area contributed by atoms with Gasteiger partial charge in [-0.3, -0.25) is 0 Å². The van der Waals surface area contributed by atoms with Crippen LogP contribution in [0.3, 0.4) is 0 Å². The highest BCUT2D eigenvalue weighted by Gasteiger charge is 2.25. The predicted molar refractivity (Wildman–Crippen MR) is 117 cm³/mol. The summed E-state index contributed by atoms with van der Waals surface area (Å²) in [6, 6.07) is 13.9. The molecule has 2 N–H and O–H groups in total. The summed E-state index contributed by atoms with van der Waals surface area (Å²) < 4.78 is 0. The Morgan fingerprint density at radius 2 is 1.97 bits per heavy atom. The van der Waals surface area contributed by atoms with Crippen molar-refractivity contribution in [3.05, 3.63) is 47.5 Å². The Labute approximate surface area is 176 Å². The molecular weight excluding hydrogens is 374 g/mol. The molecule has 5 rings (SSSR count). The molecule has 2 aliphatic rings.